The molecule has 42 heavy (non-hydrogen) atoms. The summed E-state index contributed by atoms with van der Waals surface area (Å²) in [5.74, 6) is -0.249. The number of hydrogen-bond donors (Lipinski definition) is 0. The normalized spacial score (nSPS) is 10.1. The Morgan fingerprint density at radius 1 is 0.524 bits per heavy atom. The SMILES string of the molecule is C=C(C)C(=O)OCCCCCCCCCCCC.C=C(C)C(=O)Oc1ccc(-c2ccc(OC(=O)C(=C)C)cc2)cc1. The summed E-state index contributed by atoms with van der Waals surface area (Å²) < 4.78 is 15.3. The van der Waals surface area contributed by atoms with E-state index in [2.05, 4.69) is 26.7 Å². The van der Waals surface area contributed by atoms with E-state index in [4.69, 9.17) is 14.2 Å². The van der Waals surface area contributed by atoms with Gasteiger partial charge in [0.25, 0.3) is 0 Å². The number of benzene rings is 2. The van der Waals surface area contributed by atoms with E-state index in [-0.39, 0.29) is 5.97 Å². The molecule has 0 bridgehead atoms. The molecule has 228 valence electrons. The molecule has 0 aliphatic heterocycles. The lowest BCUT2D eigenvalue weighted by Crippen LogP contribution is -2.08. The molecule has 0 amide bonds. The second-order valence-corrected chi connectivity index (χ2v) is 10.5. The van der Waals surface area contributed by atoms with Crippen LogP contribution in [0.5, 0.6) is 11.5 Å². The van der Waals surface area contributed by atoms with Crippen LogP contribution in [0.2, 0.25) is 0 Å². The minimum absolute atomic E-state index is 0.258. The summed E-state index contributed by atoms with van der Waals surface area (Å²) in [6.45, 7) is 18.3. The number of esters is 3. The summed E-state index contributed by atoms with van der Waals surface area (Å²) in [7, 11) is 0. The van der Waals surface area contributed by atoms with Gasteiger partial charge in [0, 0.05) is 16.7 Å². The van der Waals surface area contributed by atoms with Gasteiger partial charge in [-0.15, -0.1) is 0 Å². The summed E-state index contributed by atoms with van der Waals surface area (Å²) in [6, 6.07) is 14.2. The minimum Gasteiger partial charge on any atom is -0.462 e. The molecule has 0 aromatic heterocycles. The smallest absolute Gasteiger partial charge is 0.338 e. The molecule has 0 aliphatic carbocycles. The number of carbonyl (C=O) groups is 3. The Hall–Kier alpha value is -3.93. The van der Waals surface area contributed by atoms with Gasteiger partial charge in [-0.2, -0.15) is 0 Å². The third kappa shape index (κ3) is 15.8. The van der Waals surface area contributed by atoms with E-state index < -0.39 is 11.9 Å². The lowest BCUT2D eigenvalue weighted by molar-refractivity contribution is -0.139. The molecule has 2 aromatic rings. The van der Waals surface area contributed by atoms with Crippen molar-refractivity contribution in [1.29, 1.82) is 0 Å². The fourth-order valence-electron chi connectivity index (χ4n) is 3.70. The van der Waals surface area contributed by atoms with Gasteiger partial charge >= 0.3 is 17.9 Å². The van der Waals surface area contributed by atoms with Crippen molar-refractivity contribution < 1.29 is 28.6 Å². The molecule has 0 spiro atoms. The summed E-state index contributed by atoms with van der Waals surface area (Å²) >= 11 is 0. The number of hydrogen-bond acceptors (Lipinski definition) is 6. The molecule has 0 saturated heterocycles. The summed E-state index contributed by atoms with van der Waals surface area (Å²) in [5.41, 5.74) is 3.07. The van der Waals surface area contributed by atoms with Crippen molar-refractivity contribution in [2.75, 3.05) is 6.61 Å². The highest BCUT2D eigenvalue weighted by Crippen LogP contribution is 2.25. The van der Waals surface area contributed by atoms with E-state index in [0.29, 0.717) is 34.8 Å². The fourth-order valence-corrected chi connectivity index (χ4v) is 3.70. The van der Waals surface area contributed by atoms with Gasteiger partial charge in [-0.05, 0) is 62.6 Å². The third-order valence-electron chi connectivity index (χ3n) is 6.24. The highest BCUT2D eigenvalue weighted by molar-refractivity contribution is 5.89. The van der Waals surface area contributed by atoms with Crippen molar-refractivity contribution in [2.24, 2.45) is 0 Å². The molecule has 0 radical (unpaired) electrons. The number of carbonyl (C=O) groups excluding carboxylic acids is 3. The molecule has 2 aromatic carbocycles. The van der Waals surface area contributed by atoms with Crippen molar-refractivity contribution in [3.8, 4) is 22.6 Å². The van der Waals surface area contributed by atoms with Crippen LogP contribution in [0, 0.1) is 0 Å². The first-order chi connectivity index (χ1) is 20.0. The standard InChI is InChI=1S/C20H18O4.C16H30O2/c1-13(2)19(21)23-17-9-5-15(6-10-17)16-7-11-18(12-8-16)24-20(22)14(3)4;1-4-5-6-7-8-9-10-11-12-13-14-18-16(17)15(2)3/h5-12H,1,3H2,2,4H3;2,4-14H2,1,3H3. The van der Waals surface area contributed by atoms with E-state index >= 15 is 0 Å². The van der Waals surface area contributed by atoms with Gasteiger partial charge in [0.05, 0.1) is 6.61 Å². The molecule has 0 unspecified atom stereocenters. The fraction of sp³-hybridized carbons (Fsp3) is 0.417. The van der Waals surface area contributed by atoms with Gasteiger partial charge < -0.3 is 14.2 Å². The van der Waals surface area contributed by atoms with Gasteiger partial charge in [0.15, 0.2) is 0 Å². The van der Waals surface area contributed by atoms with E-state index in [0.717, 1.165) is 17.5 Å². The molecule has 0 atom stereocenters. The van der Waals surface area contributed by atoms with Crippen LogP contribution < -0.4 is 9.47 Å². The molecule has 6 heteroatoms. The number of ether oxygens (including phenoxy) is 3. The highest BCUT2D eigenvalue weighted by Gasteiger charge is 2.08. The highest BCUT2D eigenvalue weighted by atomic mass is 16.5. The molecular weight excluding hydrogens is 528 g/mol. The van der Waals surface area contributed by atoms with Crippen molar-refractivity contribution in [3.05, 3.63) is 85.0 Å². The van der Waals surface area contributed by atoms with Gasteiger partial charge in [-0.3, -0.25) is 0 Å². The van der Waals surface area contributed by atoms with Crippen LogP contribution >= 0.6 is 0 Å². The zero-order chi connectivity index (χ0) is 31.3. The molecule has 0 heterocycles. The van der Waals surface area contributed by atoms with Crippen LogP contribution in [0.4, 0.5) is 0 Å². The predicted molar refractivity (Wildman–Crippen MR) is 170 cm³/mol. The first-order valence-corrected chi connectivity index (χ1v) is 14.8. The predicted octanol–water partition coefficient (Wildman–Crippen LogP) is 9.34. The summed E-state index contributed by atoms with van der Waals surface area (Å²) in [4.78, 5) is 34.0. The monoisotopic (exact) mass is 576 g/mol. The maximum atomic E-state index is 11.5. The van der Waals surface area contributed by atoms with Crippen molar-refractivity contribution in [3.63, 3.8) is 0 Å². The summed E-state index contributed by atoms with van der Waals surface area (Å²) in [5, 5.41) is 0. The van der Waals surface area contributed by atoms with Gasteiger partial charge in [-0.1, -0.05) is 109 Å². The number of rotatable bonds is 17. The molecule has 0 fully saturated rings. The van der Waals surface area contributed by atoms with Crippen LogP contribution in [-0.4, -0.2) is 24.5 Å². The lowest BCUT2D eigenvalue weighted by Gasteiger charge is -2.07. The lowest BCUT2D eigenvalue weighted by atomic mass is 10.1. The van der Waals surface area contributed by atoms with Crippen LogP contribution in [0.15, 0.2) is 85.0 Å². The second-order valence-electron chi connectivity index (χ2n) is 10.5. The second kappa shape index (κ2) is 20.9. The Bertz CT molecular complexity index is 1090. The average Bonchev–Trinajstić information content (AvgIpc) is 2.96. The van der Waals surface area contributed by atoms with Crippen LogP contribution in [-0.2, 0) is 19.1 Å². The number of unbranched alkanes of at least 4 members (excludes halogenated alkanes) is 9. The molecule has 0 aliphatic rings. The van der Waals surface area contributed by atoms with Crippen LogP contribution in [0.1, 0.15) is 91.9 Å². The molecule has 6 nitrogen and oxygen atoms in total. The quantitative estimate of drug-likeness (QED) is 0.0808. The zero-order valence-electron chi connectivity index (χ0n) is 26.0. The van der Waals surface area contributed by atoms with E-state index in [1.165, 1.54) is 57.8 Å². The third-order valence-corrected chi connectivity index (χ3v) is 6.24. The Labute approximate surface area is 252 Å². The van der Waals surface area contributed by atoms with Crippen molar-refractivity contribution in [1.82, 2.24) is 0 Å². The Balaban J connectivity index is 0.000000440. The van der Waals surface area contributed by atoms with Crippen molar-refractivity contribution >= 4 is 17.9 Å². The Kier molecular flexibility index (Phi) is 17.9. The maximum absolute atomic E-state index is 11.5. The first kappa shape index (κ1) is 36.1. The first-order valence-electron chi connectivity index (χ1n) is 14.8. The van der Waals surface area contributed by atoms with Gasteiger partial charge in [0.2, 0.25) is 0 Å². The largest absolute Gasteiger partial charge is 0.462 e. The maximum Gasteiger partial charge on any atom is 0.338 e. The molecular formula is C36H48O6. The topological polar surface area (TPSA) is 78.9 Å². The Morgan fingerprint density at radius 3 is 1.19 bits per heavy atom. The Morgan fingerprint density at radius 2 is 0.857 bits per heavy atom. The average molecular weight is 577 g/mol. The van der Waals surface area contributed by atoms with Crippen molar-refractivity contribution in [2.45, 2.75) is 91.9 Å². The molecule has 2 rings (SSSR count). The molecule has 0 N–H and O–H groups in total. The molecule has 0 saturated carbocycles. The van der Waals surface area contributed by atoms with E-state index in [1.54, 1.807) is 45.0 Å². The van der Waals surface area contributed by atoms with Crippen LogP contribution in [0.25, 0.3) is 11.1 Å². The zero-order valence-corrected chi connectivity index (χ0v) is 26.0. The van der Waals surface area contributed by atoms with Crippen LogP contribution in [0.3, 0.4) is 0 Å². The summed E-state index contributed by atoms with van der Waals surface area (Å²) in [6.07, 6.45) is 13.0. The van der Waals surface area contributed by atoms with Gasteiger partial charge in [0.1, 0.15) is 11.5 Å². The van der Waals surface area contributed by atoms with E-state index in [9.17, 15) is 14.4 Å². The van der Waals surface area contributed by atoms with Gasteiger partial charge in [-0.25, -0.2) is 14.4 Å². The minimum atomic E-state index is -0.452. The van der Waals surface area contributed by atoms with E-state index in [1.807, 2.05) is 24.3 Å².